The van der Waals surface area contributed by atoms with E-state index in [1.807, 2.05) is 13.0 Å². The molecule has 1 aromatic carbocycles. The summed E-state index contributed by atoms with van der Waals surface area (Å²) in [6.07, 6.45) is 3.78. The summed E-state index contributed by atoms with van der Waals surface area (Å²) in [4.78, 5) is 9.61. The quantitative estimate of drug-likeness (QED) is 0.826. The van der Waals surface area contributed by atoms with Gasteiger partial charge in [-0.25, -0.2) is 9.37 Å². The number of halogens is 1. The van der Waals surface area contributed by atoms with Gasteiger partial charge >= 0.3 is 0 Å². The highest BCUT2D eigenvalue weighted by atomic mass is 19.1. The number of hydrogen-bond acceptors (Lipinski definition) is 3. The largest absolute Gasteiger partial charge is 0.369 e. The van der Waals surface area contributed by atoms with E-state index in [1.54, 1.807) is 6.07 Å². The van der Waals surface area contributed by atoms with Crippen molar-refractivity contribution in [2.75, 3.05) is 18.0 Å². The molecule has 0 amide bonds. The molecule has 0 N–H and O–H groups in total. The molecule has 3 heterocycles. The summed E-state index contributed by atoms with van der Waals surface area (Å²) in [7, 11) is 0. The van der Waals surface area contributed by atoms with E-state index in [1.165, 1.54) is 25.3 Å². The predicted molar refractivity (Wildman–Crippen MR) is 97.1 cm³/mol. The minimum Gasteiger partial charge on any atom is -0.369 e. The van der Waals surface area contributed by atoms with Gasteiger partial charge in [0.25, 0.3) is 0 Å². The Morgan fingerprint density at radius 2 is 1.96 bits per heavy atom. The lowest BCUT2D eigenvalue weighted by atomic mass is 10.1. The summed E-state index contributed by atoms with van der Waals surface area (Å²) in [5.41, 5.74) is 2.54. The van der Waals surface area contributed by atoms with E-state index in [2.05, 4.69) is 34.7 Å². The van der Waals surface area contributed by atoms with Crippen LogP contribution in [0.15, 0.2) is 24.3 Å². The van der Waals surface area contributed by atoms with Crippen LogP contribution in [-0.2, 0) is 0 Å². The number of rotatable bonds is 2. The van der Waals surface area contributed by atoms with Crippen LogP contribution in [0.3, 0.4) is 0 Å². The van der Waals surface area contributed by atoms with Gasteiger partial charge in [-0.15, -0.1) is 0 Å². The third kappa shape index (κ3) is 2.57. The Labute approximate surface area is 143 Å². The Hall–Kier alpha value is -1.68. The second-order valence-corrected chi connectivity index (χ2v) is 7.58. The third-order valence-corrected chi connectivity index (χ3v) is 5.67. The lowest BCUT2D eigenvalue weighted by Crippen LogP contribution is -2.43. The average Bonchev–Trinajstić information content (AvgIpc) is 2.82. The number of fused-ring (bicyclic) bond motifs is 3. The van der Waals surface area contributed by atoms with Crippen LogP contribution in [-0.4, -0.2) is 41.1 Å². The van der Waals surface area contributed by atoms with Crippen molar-refractivity contribution in [1.29, 1.82) is 0 Å². The fraction of sp³-hybridized carbons (Fsp3) is 0.550. The second kappa shape index (κ2) is 5.99. The molecule has 24 heavy (non-hydrogen) atoms. The molecule has 128 valence electrons. The van der Waals surface area contributed by atoms with Crippen molar-refractivity contribution in [2.24, 2.45) is 0 Å². The highest BCUT2D eigenvalue weighted by Gasteiger charge is 2.38. The van der Waals surface area contributed by atoms with Gasteiger partial charge in [0.1, 0.15) is 11.3 Å². The van der Waals surface area contributed by atoms with Gasteiger partial charge in [-0.1, -0.05) is 12.1 Å². The molecule has 2 aliphatic rings. The molecule has 2 unspecified atom stereocenters. The monoisotopic (exact) mass is 327 g/mol. The molecule has 2 bridgehead atoms. The van der Waals surface area contributed by atoms with E-state index in [9.17, 15) is 4.39 Å². The first kappa shape index (κ1) is 15.8. The molecule has 0 radical (unpaired) electrons. The van der Waals surface area contributed by atoms with Crippen molar-refractivity contribution in [1.82, 2.24) is 9.88 Å². The van der Waals surface area contributed by atoms with Crippen molar-refractivity contribution in [3.8, 4) is 0 Å². The van der Waals surface area contributed by atoms with Gasteiger partial charge in [0, 0.05) is 48.0 Å². The van der Waals surface area contributed by atoms with Crippen molar-refractivity contribution < 1.29 is 4.39 Å². The number of aryl methyl sites for hydroxylation is 1. The van der Waals surface area contributed by atoms with Crippen LogP contribution in [0.1, 0.15) is 38.8 Å². The van der Waals surface area contributed by atoms with Gasteiger partial charge in [0.2, 0.25) is 0 Å². The molecule has 2 aromatic rings. The summed E-state index contributed by atoms with van der Waals surface area (Å²) < 4.78 is 14.2. The number of hydrogen-bond donors (Lipinski definition) is 0. The molecule has 0 saturated carbocycles. The molecule has 2 atom stereocenters. The molecule has 2 fully saturated rings. The molecule has 4 heteroatoms. The van der Waals surface area contributed by atoms with E-state index in [4.69, 9.17) is 0 Å². The SMILES string of the molecule is Cc1cc(N2CCC3CCC(C2)N3C(C)C)c2cccc(F)c2n1. The molecule has 1 aromatic heterocycles. The van der Waals surface area contributed by atoms with Crippen LogP contribution in [0.5, 0.6) is 0 Å². The highest BCUT2D eigenvalue weighted by Crippen LogP contribution is 2.36. The second-order valence-electron chi connectivity index (χ2n) is 7.58. The number of nitrogens with zero attached hydrogens (tertiary/aromatic N) is 3. The summed E-state index contributed by atoms with van der Waals surface area (Å²) in [6, 6.07) is 9.33. The topological polar surface area (TPSA) is 19.4 Å². The molecule has 3 nitrogen and oxygen atoms in total. The first-order valence-corrected chi connectivity index (χ1v) is 9.13. The summed E-state index contributed by atoms with van der Waals surface area (Å²) in [5, 5.41) is 0.939. The number of pyridine rings is 1. The summed E-state index contributed by atoms with van der Waals surface area (Å²) in [6.45, 7) is 8.65. The minimum absolute atomic E-state index is 0.224. The summed E-state index contributed by atoms with van der Waals surface area (Å²) in [5.74, 6) is -0.224. The Bertz CT molecular complexity index is 758. The van der Waals surface area contributed by atoms with Gasteiger partial charge < -0.3 is 4.90 Å². The van der Waals surface area contributed by atoms with Gasteiger partial charge in [0.15, 0.2) is 0 Å². The van der Waals surface area contributed by atoms with Crippen molar-refractivity contribution in [2.45, 2.75) is 58.2 Å². The molecule has 2 saturated heterocycles. The molecule has 0 spiro atoms. The maximum absolute atomic E-state index is 14.2. The van der Waals surface area contributed by atoms with E-state index < -0.39 is 0 Å². The zero-order chi connectivity index (χ0) is 16.8. The van der Waals surface area contributed by atoms with Crippen LogP contribution < -0.4 is 4.90 Å². The minimum atomic E-state index is -0.224. The van der Waals surface area contributed by atoms with Crippen molar-refractivity contribution >= 4 is 16.6 Å². The normalized spacial score (nSPS) is 24.8. The van der Waals surface area contributed by atoms with Crippen LogP contribution >= 0.6 is 0 Å². The maximum atomic E-state index is 14.2. The number of anilines is 1. The lowest BCUT2D eigenvalue weighted by molar-refractivity contribution is 0.158. The lowest BCUT2D eigenvalue weighted by Gasteiger charge is -2.32. The first-order valence-electron chi connectivity index (χ1n) is 9.13. The van der Waals surface area contributed by atoms with Crippen LogP contribution in [0.25, 0.3) is 10.9 Å². The fourth-order valence-electron chi connectivity index (χ4n) is 4.75. The van der Waals surface area contributed by atoms with E-state index in [-0.39, 0.29) is 5.82 Å². The number of para-hydroxylation sites is 1. The number of aromatic nitrogens is 1. The third-order valence-electron chi connectivity index (χ3n) is 5.67. The zero-order valence-corrected chi connectivity index (χ0v) is 14.8. The average molecular weight is 327 g/mol. The Kier molecular flexibility index (Phi) is 3.95. The van der Waals surface area contributed by atoms with Gasteiger partial charge in [-0.2, -0.15) is 0 Å². The Morgan fingerprint density at radius 3 is 2.75 bits per heavy atom. The van der Waals surface area contributed by atoms with Crippen molar-refractivity contribution in [3.63, 3.8) is 0 Å². The predicted octanol–water partition coefficient (Wildman–Crippen LogP) is 4.13. The zero-order valence-electron chi connectivity index (χ0n) is 14.8. The van der Waals surface area contributed by atoms with E-state index >= 15 is 0 Å². The molecular formula is C20H26FN3. The van der Waals surface area contributed by atoms with E-state index in [0.717, 1.165) is 29.9 Å². The van der Waals surface area contributed by atoms with Crippen molar-refractivity contribution in [3.05, 3.63) is 35.8 Å². The van der Waals surface area contributed by atoms with Crippen LogP contribution in [0, 0.1) is 12.7 Å². The standard InChI is InChI=1S/C20H26FN3/c1-13(2)24-15-7-8-16(24)12-23(10-9-15)19-11-14(3)22-20-17(19)5-4-6-18(20)21/h4-6,11,13,15-16H,7-10,12H2,1-3H3. The Balaban J connectivity index is 1.75. The maximum Gasteiger partial charge on any atom is 0.149 e. The van der Waals surface area contributed by atoms with Gasteiger partial charge in [0.05, 0.1) is 0 Å². The van der Waals surface area contributed by atoms with E-state index in [0.29, 0.717) is 23.6 Å². The molecular weight excluding hydrogens is 301 g/mol. The summed E-state index contributed by atoms with van der Waals surface area (Å²) >= 11 is 0. The van der Waals surface area contributed by atoms with Crippen LogP contribution in [0.2, 0.25) is 0 Å². The van der Waals surface area contributed by atoms with Gasteiger partial charge in [-0.3, -0.25) is 4.90 Å². The molecule has 2 aliphatic heterocycles. The highest BCUT2D eigenvalue weighted by molar-refractivity contribution is 5.92. The number of benzene rings is 1. The first-order chi connectivity index (χ1) is 11.5. The molecule has 0 aliphatic carbocycles. The van der Waals surface area contributed by atoms with Crippen LogP contribution in [0.4, 0.5) is 10.1 Å². The fourth-order valence-corrected chi connectivity index (χ4v) is 4.75. The Morgan fingerprint density at radius 1 is 1.17 bits per heavy atom. The van der Waals surface area contributed by atoms with Gasteiger partial charge in [-0.05, 0) is 52.2 Å². The molecule has 4 rings (SSSR count). The smallest absolute Gasteiger partial charge is 0.149 e.